The van der Waals surface area contributed by atoms with E-state index in [1.165, 1.54) is 49.7 Å². The highest BCUT2D eigenvalue weighted by molar-refractivity contribution is 7.63. The second-order valence-corrected chi connectivity index (χ2v) is 33.7. The number of benzene rings is 12. The predicted octanol–water partition coefficient (Wildman–Crippen LogP) is 25.4. The Morgan fingerprint density at radius 1 is 0.321 bits per heavy atom. The van der Waals surface area contributed by atoms with Crippen molar-refractivity contribution >= 4 is 98.9 Å². The fourth-order valence-electron chi connectivity index (χ4n) is 15.2. The van der Waals surface area contributed by atoms with Crippen LogP contribution in [0.1, 0.15) is 89.0 Å². The molecule has 0 bridgehead atoms. The molecule has 2 aliphatic rings. The van der Waals surface area contributed by atoms with Crippen molar-refractivity contribution in [3.63, 3.8) is 0 Å². The van der Waals surface area contributed by atoms with E-state index < -0.39 is 33.1 Å². The first-order valence-corrected chi connectivity index (χ1v) is 41.0. The molecule has 16 rings (SSSR count). The highest BCUT2D eigenvalue weighted by Gasteiger charge is 2.34. The van der Waals surface area contributed by atoms with Gasteiger partial charge in [-0.1, -0.05) is 144 Å². The lowest BCUT2D eigenvalue weighted by molar-refractivity contribution is 0.414. The number of fused-ring (bicyclic) bond motifs is 12. The molecule has 2 unspecified atom stereocenters. The summed E-state index contributed by atoms with van der Waals surface area (Å²) in [5.74, 6) is 6.17. The maximum absolute atomic E-state index is 7.23. The van der Waals surface area contributed by atoms with Crippen LogP contribution in [-0.2, 0) is 12.8 Å². The molecule has 109 heavy (non-hydrogen) atoms. The summed E-state index contributed by atoms with van der Waals surface area (Å²) in [6.45, 7) is 25.0. The van der Waals surface area contributed by atoms with Gasteiger partial charge in [0, 0.05) is 80.0 Å². The van der Waals surface area contributed by atoms with E-state index in [9.17, 15) is 0 Å². The Hall–Kier alpha value is -10.7. The molecule has 2 aromatic heterocycles. The lowest BCUT2D eigenvalue weighted by Crippen LogP contribution is -2.27. The molecule has 0 saturated heterocycles. The van der Waals surface area contributed by atoms with Gasteiger partial charge < -0.3 is 63.6 Å². The monoisotopic (exact) mass is 1520 g/mol. The third-order valence-corrected chi connectivity index (χ3v) is 25.6. The number of aryl methyl sites for hydroxylation is 12. The van der Waals surface area contributed by atoms with Gasteiger partial charge in [0.15, 0.2) is 0 Å². The van der Waals surface area contributed by atoms with Crippen molar-refractivity contribution in [2.24, 2.45) is 0 Å². The third kappa shape index (κ3) is 14.7. The van der Waals surface area contributed by atoms with Gasteiger partial charge in [-0.25, -0.2) is 0 Å². The van der Waals surface area contributed by atoms with Crippen LogP contribution >= 0.6 is 33.1 Å². The number of nitrogens with zero attached hydrogens (tertiary/aromatic N) is 1. The van der Waals surface area contributed by atoms with Gasteiger partial charge in [0.2, 0.25) is 16.6 Å². The van der Waals surface area contributed by atoms with Crippen LogP contribution in [0.15, 0.2) is 211 Å². The molecule has 0 radical (unpaired) electrons. The van der Waals surface area contributed by atoms with Crippen LogP contribution in [0.25, 0.3) is 66.1 Å². The normalized spacial score (nSPS) is 13.3. The van der Waals surface area contributed by atoms with E-state index in [1.807, 2.05) is 76.2 Å². The van der Waals surface area contributed by atoms with Crippen LogP contribution in [0.3, 0.4) is 0 Å². The van der Waals surface area contributed by atoms with Gasteiger partial charge in [-0.15, -0.1) is 0 Å². The van der Waals surface area contributed by atoms with Gasteiger partial charge in [0.05, 0.1) is 34.1 Å². The molecule has 2 atom stereocenters. The van der Waals surface area contributed by atoms with Crippen molar-refractivity contribution in [1.82, 2.24) is 0 Å². The van der Waals surface area contributed by atoms with Gasteiger partial charge >= 0.3 is 16.5 Å². The smallest absolute Gasteiger partial charge is 0.453 e. The minimum absolute atomic E-state index is 0.583. The molecule has 0 amide bonds. The maximum Gasteiger partial charge on any atom is 0.453 e. The van der Waals surface area contributed by atoms with E-state index in [0.29, 0.717) is 35.2 Å². The standard InChI is InChI=1S/C46H45NO6P2.C45H43NO6P2/c1-27-18-29(3)43(50-54-42-17-13-11-15-38(42)37-14-10-12-16-41(37)47(54)7)33(20-27)24-34-21-28(2)19-30(4)44(34)51-55-52-45-31(5)22-35(48-8)25-39(45)40-26-36(49-9)23-32(6)46(40)53-55;1-26-17-28(3)42(49-53-41-16-12-10-14-37(41)36-13-9-11-15-40(36)46-53)32(19-26)23-33-20-27(2)18-29(4)43(33)50-54-51-44-30(5)21-34(47-7)24-38(44)39-25-35(48-8)22-31(6)45(39)52-54/h10-23,25-26H,24H2,1-9H3;9-22,24-25,46H,23H2,1-8H3. The third-order valence-electron chi connectivity index (χ3n) is 20.1. The molecule has 0 saturated carbocycles. The van der Waals surface area contributed by atoms with Gasteiger partial charge in [-0.05, 0) is 223 Å². The lowest BCUT2D eigenvalue weighted by atomic mass is 9.96. The van der Waals surface area contributed by atoms with Crippen molar-refractivity contribution in [2.75, 3.05) is 45.2 Å². The molecule has 14 aromatic rings. The van der Waals surface area contributed by atoms with Crippen LogP contribution < -0.4 is 57.4 Å². The van der Waals surface area contributed by atoms with Gasteiger partial charge in [-0.3, -0.25) is 0 Å². The molecule has 1 N–H and O–H groups in total. The largest absolute Gasteiger partial charge is 0.497 e. The Morgan fingerprint density at radius 3 is 1.04 bits per heavy atom. The summed E-state index contributed by atoms with van der Waals surface area (Å²) in [6, 6.07) is 67.5. The summed E-state index contributed by atoms with van der Waals surface area (Å²) < 4.78 is 80.0. The van der Waals surface area contributed by atoms with Crippen molar-refractivity contribution in [2.45, 2.75) is 95.9 Å². The predicted molar refractivity (Wildman–Crippen MR) is 449 cm³/mol. The molecule has 12 aromatic carbocycles. The van der Waals surface area contributed by atoms with Crippen LogP contribution in [0.4, 0.5) is 11.4 Å². The van der Waals surface area contributed by atoms with Crippen LogP contribution in [0.2, 0.25) is 0 Å². The van der Waals surface area contributed by atoms with Crippen LogP contribution in [0.5, 0.6) is 46.0 Å². The van der Waals surface area contributed by atoms with Crippen molar-refractivity contribution < 1.29 is 53.8 Å². The quantitative estimate of drug-likeness (QED) is 0.0917. The zero-order valence-corrected chi connectivity index (χ0v) is 68.1. The van der Waals surface area contributed by atoms with Crippen LogP contribution in [-0.4, -0.2) is 35.5 Å². The van der Waals surface area contributed by atoms with E-state index in [0.717, 1.165) is 151 Å². The average Bonchev–Trinajstić information content (AvgIpc) is 1.69. The van der Waals surface area contributed by atoms with Gasteiger partial charge in [-0.2, -0.15) is 0 Å². The number of para-hydroxylation sites is 2. The SMILES string of the molecule is COc1cc(C)c2op(Oc3c(C)cc(C)cc3Cc3cc(C)cc(C)c3OP3Nc4ccccc4-c4ccccc43)oc3c(C)cc(OC)cc3c2c1.COc1cc(C)c2op(Oc3c(C)cc(C)cc3Cc3cc(C)cc(C)c3OP3c4ccccc4-c4ccccc4N3C)oc3c(C)cc(OC)cc3c2c1. The molecule has 0 fully saturated rings. The number of hydrogen-bond donors (Lipinski definition) is 1. The summed E-state index contributed by atoms with van der Waals surface area (Å²) in [5, 5.41) is 9.54. The minimum atomic E-state index is -1.93. The second kappa shape index (κ2) is 30.8. The Morgan fingerprint density at radius 2 is 0.642 bits per heavy atom. The van der Waals surface area contributed by atoms with Crippen molar-refractivity contribution in [1.29, 1.82) is 0 Å². The average molecular weight is 1530 g/mol. The van der Waals surface area contributed by atoms with E-state index in [-0.39, 0.29) is 0 Å². The summed E-state index contributed by atoms with van der Waals surface area (Å²) in [6.07, 6.45) is 1.17. The first kappa shape index (κ1) is 73.8. The Kier molecular flexibility index (Phi) is 20.8. The molecule has 554 valence electrons. The topological polar surface area (TPSA) is 142 Å². The number of ether oxygens (including phenoxy) is 4. The summed E-state index contributed by atoms with van der Waals surface area (Å²) >= 11 is 0. The number of anilines is 2. The van der Waals surface area contributed by atoms with Crippen molar-refractivity contribution in [3.05, 3.63) is 283 Å². The summed E-state index contributed by atoms with van der Waals surface area (Å²) in [4.78, 5) is 0. The van der Waals surface area contributed by atoms with Gasteiger partial charge in [0.1, 0.15) is 68.3 Å². The number of hydrogen-bond acceptors (Lipinski definition) is 14. The first-order valence-electron chi connectivity index (χ1n) is 36.3. The van der Waals surface area contributed by atoms with E-state index in [2.05, 4.69) is 218 Å². The molecular formula is C91H88N2O12P4. The Bertz CT molecular complexity index is 5880. The molecule has 0 spiro atoms. The summed E-state index contributed by atoms with van der Waals surface area (Å²) in [5.41, 5.74) is 26.5. The Labute approximate surface area is 641 Å². The van der Waals surface area contributed by atoms with Crippen molar-refractivity contribution in [3.8, 4) is 68.2 Å². The maximum atomic E-state index is 7.23. The molecule has 14 nitrogen and oxygen atoms in total. The van der Waals surface area contributed by atoms with Crippen LogP contribution in [0, 0.1) is 83.1 Å². The highest BCUT2D eigenvalue weighted by Crippen LogP contribution is 2.55. The molecular weight excluding hydrogens is 1440 g/mol. The lowest BCUT2D eigenvalue weighted by Gasteiger charge is -2.36. The zero-order chi connectivity index (χ0) is 76.2. The molecule has 18 heteroatoms. The summed E-state index contributed by atoms with van der Waals surface area (Å²) in [7, 11) is 2.56. The van der Waals surface area contributed by atoms with Gasteiger partial charge in [0.25, 0.3) is 0 Å². The Balaban J connectivity index is 0.000000174. The molecule has 2 aliphatic heterocycles. The first-order chi connectivity index (χ1) is 52.6. The fourth-order valence-corrected chi connectivity index (χ4v) is 21.6. The second-order valence-electron chi connectivity index (χ2n) is 28.4. The highest BCUT2D eigenvalue weighted by atomic mass is 31.2. The molecule has 4 heterocycles. The number of rotatable bonds is 16. The number of methoxy groups -OCH3 is 4. The fraction of sp³-hybridized carbons (Fsp3) is 0.209. The van der Waals surface area contributed by atoms with E-state index >= 15 is 0 Å². The molecule has 0 aliphatic carbocycles. The van der Waals surface area contributed by atoms with E-state index in [4.69, 9.17) is 53.8 Å². The zero-order valence-electron chi connectivity index (χ0n) is 64.5. The van der Waals surface area contributed by atoms with E-state index in [1.54, 1.807) is 28.4 Å². The minimum Gasteiger partial charge on any atom is -0.497 e. The number of nitrogens with one attached hydrogen (secondary N) is 1.